The van der Waals surface area contributed by atoms with E-state index in [1.165, 1.54) is 42.4 Å². The van der Waals surface area contributed by atoms with E-state index in [1.54, 1.807) is 43.5 Å². The molecule has 0 saturated carbocycles. The second-order valence-electron chi connectivity index (χ2n) is 9.36. The Bertz CT molecular complexity index is 1290. The third kappa shape index (κ3) is 6.62. The molecular formula is C28H30FN5O3S. The van der Waals surface area contributed by atoms with Crippen LogP contribution >= 0.6 is 11.8 Å². The molecule has 10 heteroatoms. The maximum absolute atomic E-state index is 13.4. The molecule has 2 N–H and O–H groups in total. The van der Waals surface area contributed by atoms with Crippen molar-refractivity contribution in [1.82, 2.24) is 15.6 Å². The normalized spacial score (nSPS) is 20.2. The van der Waals surface area contributed by atoms with Gasteiger partial charge in [-0.25, -0.2) is 9.82 Å². The van der Waals surface area contributed by atoms with Crippen LogP contribution in [0.1, 0.15) is 53.8 Å². The molecule has 2 aliphatic heterocycles. The van der Waals surface area contributed by atoms with Crippen molar-refractivity contribution in [3.8, 4) is 0 Å². The van der Waals surface area contributed by atoms with Crippen molar-refractivity contribution in [3.63, 3.8) is 0 Å². The van der Waals surface area contributed by atoms with Crippen LogP contribution in [0, 0.1) is 5.82 Å². The van der Waals surface area contributed by atoms with Gasteiger partial charge >= 0.3 is 0 Å². The van der Waals surface area contributed by atoms with E-state index in [0.717, 1.165) is 25.9 Å². The van der Waals surface area contributed by atoms with Gasteiger partial charge in [-0.1, -0.05) is 53.7 Å². The van der Waals surface area contributed by atoms with Gasteiger partial charge in [-0.05, 0) is 75.0 Å². The first-order chi connectivity index (χ1) is 18.3. The summed E-state index contributed by atoms with van der Waals surface area (Å²) in [6.07, 6.45) is 3.32. The lowest BCUT2D eigenvalue weighted by atomic mass is 9.95. The highest BCUT2D eigenvalue weighted by Gasteiger charge is 2.38. The van der Waals surface area contributed by atoms with Crippen LogP contribution in [0.25, 0.3) is 0 Å². The Morgan fingerprint density at radius 3 is 2.37 bits per heavy atom. The zero-order valence-corrected chi connectivity index (χ0v) is 22.2. The van der Waals surface area contributed by atoms with Crippen molar-refractivity contribution in [2.75, 3.05) is 19.6 Å². The Balaban J connectivity index is 1.57. The van der Waals surface area contributed by atoms with Crippen molar-refractivity contribution in [2.45, 2.75) is 38.0 Å². The van der Waals surface area contributed by atoms with Gasteiger partial charge in [0.2, 0.25) is 0 Å². The van der Waals surface area contributed by atoms with Crippen LogP contribution in [-0.4, -0.2) is 47.0 Å². The summed E-state index contributed by atoms with van der Waals surface area (Å²) in [6, 6.07) is 14.0. The number of thioether (sulfide) groups is 1. The highest BCUT2D eigenvalue weighted by molar-refractivity contribution is 8.03. The largest absolute Gasteiger partial charge is 0.322 e. The number of hydrogen-bond acceptors (Lipinski definition) is 7. The number of ketones is 1. The maximum atomic E-state index is 13.4. The molecule has 198 valence electrons. The molecule has 4 rings (SSSR count). The number of halogens is 1. The maximum Gasteiger partial charge on any atom is 0.255 e. The standard InChI is InChI=1S/C28H30FN5O3S/c1-19-23(25(36)20-9-5-3-6-10-20)18-38-28(2,26(19)30-27(37)21-11-13-22(29)14-12-21)32-33-31-24(35)17-34-15-7-4-8-16-34/h3,5-6,9-14,18H,4,7-8,15-17H2,1-2H3,(H,30,37)(H,31,32,35). The van der Waals surface area contributed by atoms with Crippen LogP contribution in [-0.2, 0) is 4.79 Å². The number of Topliss-reactive ketones (excluding diaryl/α,β-unsaturated/α-hetero) is 1. The number of nitrogens with zero attached hydrogens (tertiary/aromatic N) is 3. The Kier molecular flexibility index (Phi) is 8.85. The van der Waals surface area contributed by atoms with Gasteiger partial charge in [0.1, 0.15) is 5.82 Å². The minimum absolute atomic E-state index is 0.196. The first kappa shape index (κ1) is 27.4. The Morgan fingerprint density at radius 1 is 1.00 bits per heavy atom. The van der Waals surface area contributed by atoms with Crippen LogP contribution in [0.15, 0.2) is 87.2 Å². The monoisotopic (exact) mass is 535 g/mol. The number of carbonyl (C=O) groups excluding carboxylic acids is 3. The van der Waals surface area contributed by atoms with Crippen LogP contribution in [0.3, 0.4) is 0 Å². The summed E-state index contributed by atoms with van der Waals surface area (Å²) in [7, 11) is 0. The fourth-order valence-electron chi connectivity index (χ4n) is 4.37. The van der Waals surface area contributed by atoms with Crippen LogP contribution < -0.4 is 10.7 Å². The molecule has 0 aliphatic carbocycles. The van der Waals surface area contributed by atoms with Crippen molar-refractivity contribution in [1.29, 1.82) is 0 Å². The zero-order valence-electron chi connectivity index (χ0n) is 21.4. The average Bonchev–Trinajstić information content (AvgIpc) is 2.92. The minimum atomic E-state index is -1.14. The molecule has 1 saturated heterocycles. The molecule has 0 bridgehead atoms. The molecule has 1 fully saturated rings. The van der Waals surface area contributed by atoms with Crippen LogP contribution in [0.5, 0.6) is 0 Å². The van der Waals surface area contributed by atoms with E-state index >= 15 is 0 Å². The Hall–Kier alpha value is -3.63. The third-order valence-corrected chi connectivity index (χ3v) is 7.60. The van der Waals surface area contributed by atoms with Crippen molar-refractivity contribution in [2.24, 2.45) is 10.3 Å². The van der Waals surface area contributed by atoms with Gasteiger partial charge in [0.15, 0.2) is 10.7 Å². The van der Waals surface area contributed by atoms with E-state index in [0.29, 0.717) is 22.4 Å². The third-order valence-electron chi connectivity index (χ3n) is 6.51. The second kappa shape index (κ2) is 12.3. The number of nitrogens with one attached hydrogen (secondary N) is 2. The first-order valence-corrected chi connectivity index (χ1v) is 13.3. The molecule has 2 aliphatic rings. The number of carbonyl (C=O) groups is 3. The molecular weight excluding hydrogens is 505 g/mol. The van der Waals surface area contributed by atoms with E-state index in [2.05, 4.69) is 26.0 Å². The summed E-state index contributed by atoms with van der Waals surface area (Å²) in [4.78, 5) is 39.7. The molecule has 38 heavy (non-hydrogen) atoms. The Morgan fingerprint density at radius 2 is 1.68 bits per heavy atom. The van der Waals surface area contributed by atoms with E-state index in [4.69, 9.17) is 0 Å². The first-order valence-electron chi connectivity index (χ1n) is 12.5. The molecule has 2 amide bonds. The number of amides is 2. The van der Waals surface area contributed by atoms with Gasteiger partial charge in [-0.3, -0.25) is 19.3 Å². The van der Waals surface area contributed by atoms with E-state index in [1.807, 2.05) is 6.07 Å². The highest BCUT2D eigenvalue weighted by Crippen LogP contribution is 2.43. The molecule has 8 nitrogen and oxygen atoms in total. The fraction of sp³-hybridized carbons (Fsp3) is 0.321. The van der Waals surface area contributed by atoms with Gasteiger partial charge in [0.25, 0.3) is 11.8 Å². The van der Waals surface area contributed by atoms with Gasteiger partial charge in [0, 0.05) is 16.7 Å². The molecule has 2 aromatic carbocycles. The smallest absolute Gasteiger partial charge is 0.255 e. The molecule has 0 spiro atoms. The number of likely N-dealkylation sites (tertiary alicyclic amines) is 1. The molecule has 0 radical (unpaired) electrons. The lowest BCUT2D eigenvalue weighted by Crippen LogP contribution is -2.39. The van der Waals surface area contributed by atoms with Gasteiger partial charge in [-0.15, -0.1) is 5.11 Å². The lowest BCUT2D eigenvalue weighted by Gasteiger charge is -2.32. The van der Waals surface area contributed by atoms with Gasteiger partial charge < -0.3 is 5.32 Å². The number of piperidine rings is 1. The summed E-state index contributed by atoms with van der Waals surface area (Å²) < 4.78 is 13.4. The molecule has 2 heterocycles. The molecule has 0 aromatic heterocycles. The van der Waals surface area contributed by atoms with Crippen molar-refractivity contribution >= 4 is 29.4 Å². The van der Waals surface area contributed by atoms with E-state index in [-0.39, 0.29) is 23.8 Å². The van der Waals surface area contributed by atoms with Gasteiger partial charge in [0.05, 0.1) is 12.2 Å². The van der Waals surface area contributed by atoms with Crippen molar-refractivity contribution in [3.05, 3.63) is 93.8 Å². The van der Waals surface area contributed by atoms with E-state index < -0.39 is 16.6 Å². The average molecular weight is 536 g/mol. The van der Waals surface area contributed by atoms with Crippen LogP contribution in [0.4, 0.5) is 4.39 Å². The second-order valence-corrected chi connectivity index (χ2v) is 10.6. The van der Waals surface area contributed by atoms with Gasteiger partial charge in [-0.2, -0.15) is 0 Å². The number of hydrogen-bond donors (Lipinski definition) is 2. The zero-order chi connectivity index (χ0) is 27.1. The minimum Gasteiger partial charge on any atom is -0.322 e. The van der Waals surface area contributed by atoms with E-state index in [9.17, 15) is 18.8 Å². The summed E-state index contributed by atoms with van der Waals surface area (Å²) in [6.45, 7) is 5.46. The SMILES string of the molecule is CC1=C(NC(=O)c2ccc(F)cc2)C(C)(/N=N/NC(=O)CN2CCCCC2)SC=C1C(=O)c1ccccc1. The summed E-state index contributed by atoms with van der Waals surface area (Å²) >= 11 is 1.20. The summed E-state index contributed by atoms with van der Waals surface area (Å²) in [5.41, 5.74) is 4.54. The predicted octanol–water partition coefficient (Wildman–Crippen LogP) is 5.03. The topological polar surface area (TPSA) is 103 Å². The van der Waals surface area contributed by atoms with Crippen molar-refractivity contribution < 1.29 is 18.8 Å². The molecule has 1 atom stereocenters. The predicted molar refractivity (Wildman–Crippen MR) is 145 cm³/mol. The number of allylic oxidation sites excluding steroid dienone is 2. The Labute approximate surface area is 225 Å². The number of rotatable bonds is 8. The highest BCUT2D eigenvalue weighted by atomic mass is 32.2. The molecule has 1 unspecified atom stereocenters. The fourth-order valence-corrected chi connectivity index (χ4v) is 5.42. The lowest BCUT2D eigenvalue weighted by molar-refractivity contribution is -0.122. The summed E-state index contributed by atoms with van der Waals surface area (Å²) in [5, 5.41) is 12.9. The summed E-state index contributed by atoms with van der Waals surface area (Å²) in [5.74, 6) is -1.40. The molecule has 2 aromatic rings. The number of benzene rings is 2. The quantitative estimate of drug-likeness (QED) is 0.280. The van der Waals surface area contributed by atoms with Crippen LogP contribution in [0.2, 0.25) is 0 Å².